The molecule has 1 fully saturated rings. The van der Waals surface area contributed by atoms with E-state index >= 15 is 0 Å². The van der Waals surface area contributed by atoms with E-state index in [0.29, 0.717) is 19.6 Å². The quantitative estimate of drug-likeness (QED) is 0.607. The van der Waals surface area contributed by atoms with Crippen LogP contribution in [0.3, 0.4) is 0 Å². The summed E-state index contributed by atoms with van der Waals surface area (Å²) in [6, 6.07) is 0. The molecule has 0 saturated heterocycles. The molecule has 1 atom stereocenters. The van der Waals surface area contributed by atoms with Crippen molar-refractivity contribution >= 4 is 0 Å². The van der Waals surface area contributed by atoms with E-state index in [1.165, 1.54) is 12.8 Å². The lowest BCUT2D eigenvalue weighted by atomic mass is 9.87. The van der Waals surface area contributed by atoms with Gasteiger partial charge in [0.1, 0.15) is 0 Å². The van der Waals surface area contributed by atoms with Gasteiger partial charge in [-0.3, -0.25) is 0 Å². The Hall–Kier alpha value is -0.120. The van der Waals surface area contributed by atoms with Crippen LogP contribution in [0, 0.1) is 5.41 Å². The van der Waals surface area contributed by atoms with Crippen LogP contribution in [0.2, 0.25) is 0 Å². The molecule has 3 heteroatoms. The summed E-state index contributed by atoms with van der Waals surface area (Å²) in [7, 11) is 0. The molecular weight excluding hydrogens is 166 g/mol. The van der Waals surface area contributed by atoms with Crippen LogP contribution in [-0.4, -0.2) is 30.5 Å². The van der Waals surface area contributed by atoms with Gasteiger partial charge in [0.25, 0.3) is 0 Å². The Labute approximate surface area is 80.3 Å². The summed E-state index contributed by atoms with van der Waals surface area (Å²) in [5.41, 5.74) is 5.81. The van der Waals surface area contributed by atoms with Crippen LogP contribution < -0.4 is 5.73 Å². The van der Waals surface area contributed by atoms with Gasteiger partial charge in [-0.2, -0.15) is 0 Å². The highest BCUT2D eigenvalue weighted by Crippen LogP contribution is 2.54. The maximum atomic E-state index is 8.64. The molecule has 3 N–H and O–H groups in total. The number of ether oxygens (including phenoxy) is 1. The molecule has 78 valence electrons. The topological polar surface area (TPSA) is 55.5 Å². The zero-order valence-electron chi connectivity index (χ0n) is 8.68. The fraction of sp³-hybridized carbons (Fsp3) is 1.00. The van der Waals surface area contributed by atoms with Gasteiger partial charge >= 0.3 is 0 Å². The minimum atomic E-state index is -0.192. The summed E-state index contributed by atoms with van der Waals surface area (Å²) in [4.78, 5) is 0. The first-order chi connectivity index (χ1) is 6.08. The van der Waals surface area contributed by atoms with E-state index in [4.69, 9.17) is 15.6 Å². The molecule has 1 saturated carbocycles. The van der Waals surface area contributed by atoms with Crippen LogP contribution in [0.1, 0.15) is 33.1 Å². The van der Waals surface area contributed by atoms with Gasteiger partial charge in [0.15, 0.2) is 0 Å². The molecule has 13 heavy (non-hydrogen) atoms. The minimum absolute atomic E-state index is 0.192. The Balaban J connectivity index is 2.40. The minimum Gasteiger partial charge on any atom is -0.396 e. The van der Waals surface area contributed by atoms with E-state index in [9.17, 15) is 0 Å². The van der Waals surface area contributed by atoms with E-state index in [2.05, 4.69) is 13.8 Å². The molecule has 0 bridgehead atoms. The smallest absolute Gasteiger partial charge is 0.0829 e. The van der Waals surface area contributed by atoms with Crippen LogP contribution in [0.4, 0.5) is 0 Å². The molecule has 0 aromatic heterocycles. The molecule has 3 nitrogen and oxygen atoms in total. The normalized spacial score (nSPS) is 24.0. The lowest BCUT2D eigenvalue weighted by Gasteiger charge is -2.35. The molecule has 0 aromatic rings. The van der Waals surface area contributed by atoms with E-state index in [1.807, 2.05) is 0 Å². The van der Waals surface area contributed by atoms with E-state index in [0.717, 1.165) is 0 Å². The van der Waals surface area contributed by atoms with Crippen molar-refractivity contribution in [1.82, 2.24) is 0 Å². The van der Waals surface area contributed by atoms with Gasteiger partial charge in [0, 0.05) is 19.8 Å². The Morgan fingerprint density at radius 3 is 2.54 bits per heavy atom. The monoisotopic (exact) mass is 187 g/mol. The second-order valence-corrected chi connectivity index (χ2v) is 4.42. The van der Waals surface area contributed by atoms with Crippen LogP contribution >= 0.6 is 0 Å². The van der Waals surface area contributed by atoms with Gasteiger partial charge in [0.2, 0.25) is 0 Å². The maximum absolute atomic E-state index is 8.64. The zero-order chi connectivity index (χ0) is 9.95. The van der Waals surface area contributed by atoms with Gasteiger partial charge in [-0.15, -0.1) is 0 Å². The Morgan fingerprint density at radius 1 is 1.54 bits per heavy atom. The van der Waals surface area contributed by atoms with Crippen molar-refractivity contribution in [2.45, 2.75) is 38.7 Å². The number of rotatable bonds is 6. The van der Waals surface area contributed by atoms with Crippen molar-refractivity contribution in [1.29, 1.82) is 0 Å². The molecule has 1 unspecified atom stereocenters. The summed E-state index contributed by atoms with van der Waals surface area (Å²) in [6.07, 6.45) is 3.12. The summed E-state index contributed by atoms with van der Waals surface area (Å²) in [5, 5.41) is 8.64. The molecule has 0 heterocycles. The Bertz CT molecular complexity index is 168. The molecule has 0 amide bonds. The van der Waals surface area contributed by atoms with Crippen molar-refractivity contribution in [3.63, 3.8) is 0 Å². The maximum Gasteiger partial charge on any atom is 0.0829 e. The number of nitrogens with two attached hydrogens (primary N) is 1. The Morgan fingerprint density at radius 2 is 2.15 bits per heavy atom. The van der Waals surface area contributed by atoms with Gasteiger partial charge in [-0.1, -0.05) is 6.92 Å². The summed E-state index contributed by atoms with van der Waals surface area (Å²) >= 11 is 0. The third-order valence-electron chi connectivity index (χ3n) is 3.39. The second-order valence-electron chi connectivity index (χ2n) is 4.42. The molecule has 1 aliphatic carbocycles. The molecule has 0 spiro atoms. The predicted molar refractivity (Wildman–Crippen MR) is 52.5 cm³/mol. The lowest BCUT2D eigenvalue weighted by molar-refractivity contribution is -0.0759. The third-order valence-corrected chi connectivity index (χ3v) is 3.39. The van der Waals surface area contributed by atoms with Gasteiger partial charge < -0.3 is 15.6 Å². The molecule has 1 rings (SSSR count). The number of aliphatic hydroxyl groups is 1. The van der Waals surface area contributed by atoms with Crippen molar-refractivity contribution in [3.8, 4) is 0 Å². The summed E-state index contributed by atoms with van der Waals surface area (Å²) in [5.74, 6) is 0. The number of hydrogen-bond donors (Lipinski definition) is 2. The molecule has 0 radical (unpaired) electrons. The summed E-state index contributed by atoms with van der Waals surface area (Å²) in [6.45, 7) is 5.67. The molecular formula is C10H21NO2. The lowest BCUT2D eigenvalue weighted by Crippen LogP contribution is -2.45. The first-order valence-corrected chi connectivity index (χ1v) is 5.03. The zero-order valence-corrected chi connectivity index (χ0v) is 8.68. The molecule has 1 aliphatic rings. The van der Waals surface area contributed by atoms with Gasteiger partial charge in [-0.05, 0) is 31.6 Å². The first kappa shape index (κ1) is 11.0. The van der Waals surface area contributed by atoms with Gasteiger partial charge in [0.05, 0.1) is 5.60 Å². The van der Waals surface area contributed by atoms with Crippen LogP contribution in [-0.2, 0) is 4.74 Å². The highest BCUT2D eigenvalue weighted by Gasteiger charge is 2.53. The molecule has 0 aliphatic heterocycles. The van der Waals surface area contributed by atoms with Crippen LogP contribution in [0.25, 0.3) is 0 Å². The van der Waals surface area contributed by atoms with Crippen molar-refractivity contribution in [2.75, 3.05) is 19.8 Å². The molecule has 0 aromatic carbocycles. The van der Waals surface area contributed by atoms with E-state index < -0.39 is 0 Å². The SMILES string of the molecule is CC1(C(C)(CN)OCCCO)CC1. The van der Waals surface area contributed by atoms with E-state index in [1.54, 1.807) is 0 Å². The fourth-order valence-electron chi connectivity index (χ4n) is 1.56. The van der Waals surface area contributed by atoms with Crippen LogP contribution in [0.5, 0.6) is 0 Å². The third kappa shape index (κ3) is 2.22. The first-order valence-electron chi connectivity index (χ1n) is 5.03. The van der Waals surface area contributed by atoms with Crippen LogP contribution in [0.15, 0.2) is 0 Å². The highest BCUT2D eigenvalue weighted by molar-refractivity contribution is 5.04. The second kappa shape index (κ2) is 3.95. The van der Waals surface area contributed by atoms with Crippen molar-refractivity contribution in [2.24, 2.45) is 11.1 Å². The van der Waals surface area contributed by atoms with Crippen molar-refractivity contribution in [3.05, 3.63) is 0 Å². The standard InChI is InChI=1S/C10H21NO2/c1-9(4-5-9)10(2,8-11)13-7-3-6-12/h12H,3-8,11H2,1-2H3. The van der Waals surface area contributed by atoms with Gasteiger partial charge in [-0.25, -0.2) is 0 Å². The van der Waals surface area contributed by atoms with Crippen molar-refractivity contribution < 1.29 is 9.84 Å². The predicted octanol–water partition coefficient (Wildman–Crippen LogP) is 0.903. The average Bonchev–Trinajstić information content (AvgIpc) is 2.85. The average molecular weight is 187 g/mol. The highest BCUT2D eigenvalue weighted by atomic mass is 16.5. The fourth-order valence-corrected chi connectivity index (χ4v) is 1.56. The Kier molecular flexibility index (Phi) is 3.33. The van der Waals surface area contributed by atoms with E-state index in [-0.39, 0.29) is 17.6 Å². The number of hydrogen-bond acceptors (Lipinski definition) is 3. The largest absolute Gasteiger partial charge is 0.396 e. The summed E-state index contributed by atoms with van der Waals surface area (Å²) < 4.78 is 5.76. The number of aliphatic hydroxyl groups excluding tert-OH is 1.